The van der Waals surface area contributed by atoms with E-state index in [9.17, 15) is 18.0 Å². The minimum Gasteiger partial charge on any atom is -0.495 e. The quantitative estimate of drug-likeness (QED) is 0.228. The van der Waals surface area contributed by atoms with Crippen LogP contribution in [0.25, 0.3) is 0 Å². The number of unbranched alkanes of at least 4 members (excludes halogenated alkanes) is 1. The molecule has 0 aliphatic carbocycles. The molecular weight excluding hydrogens is 597 g/mol. The van der Waals surface area contributed by atoms with E-state index in [0.717, 1.165) is 28.3 Å². The third-order valence-electron chi connectivity index (χ3n) is 6.82. The molecule has 3 aromatic carbocycles. The number of nitrogens with zero attached hydrogens (tertiary/aromatic N) is 2. The first kappa shape index (κ1) is 33.2. The van der Waals surface area contributed by atoms with Crippen LogP contribution >= 0.6 is 23.2 Å². The first-order valence-corrected chi connectivity index (χ1v) is 15.8. The van der Waals surface area contributed by atoms with Crippen LogP contribution in [0.3, 0.4) is 0 Å². The molecule has 0 saturated heterocycles. The fraction of sp³-hybridized carbons (Fsp3) is 0.355. The zero-order valence-corrected chi connectivity index (χ0v) is 26.8. The van der Waals surface area contributed by atoms with Gasteiger partial charge < -0.3 is 15.0 Å². The molecule has 8 nitrogen and oxygen atoms in total. The van der Waals surface area contributed by atoms with Crippen molar-refractivity contribution in [3.8, 4) is 5.75 Å². The van der Waals surface area contributed by atoms with Gasteiger partial charge in [-0.2, -0.15) is 0 Å². The Morgan fingerprint density at radius 2 is 1.62 bits per heavy atom. The number of carbonyl (C=O) groups is 2. The van der Waals surface area contributed by atoms with E-state index >= 15 is 0 Å². The van der Waals surface area contributed by atoms with Crippen LogP contribution in [-0.4, -0.2) is 51.4 Å². The molecule has 1 atom stereocenters. The van der Waals surface area contributed by atoms with Gasteiger partial charge >= 0.3 is 0 Å². The van der Waals surface area contributed by atoms with Crippen molar-refractivity contribution in [3.05, 3.63) is 87.4 Å². The molecule has 3 aromatic rings. The number of hydrogen-bond donors (Lipinski definition) is 1. The van der Waals surface area contributed by atoms with Gasteiger partial charge in [0.15, 0.2) is 0 Å². The Balaban J connectivity index is 2.08. The predicted octanol–water partition coefficient (Wildman–Crippen LogP) is 6.15. The zero-order valence-electron chi connectivity index (χ0n) is 24.5. The molecule has 3 rings (SSSR count). The van der Waals surface area contributed by atoms with E-state index in [0.29, 0.717) is 22.2 Å². The molecule has 0 fully saturated rings. The van der Waals surface area contributed by atoms with Crippen molar-refractivity contribution in [3.63, 3.8) is 0 Å². The van der Waals surface area contributed by atoms with Crippen molar-refractivity contribution in [1.82, 2.24) is 10.2 Å². The Bertz CT molecular complexity index is 1510. The molecule has 0 radical (unpaired) electrons. The van der Waals surface area contributed by atoms with Crippen LogP contribution in [-0.2, 0) is 26.2 Å². The summed E-state index contributed by atoms with van der Waals surface area (Å²) < 4.78 is 34.7. The van der Waals surface area contributed by atoms with Crippen molar-refractivity contribution < 1.29 is 22.7 Å². The molecule has 1 N–H and O–H groups in total. The number of anilines is 1. The van der Waals surface area contributed by atoms with Crippen LogP contribution in [0.1, 0.15) is 43.4 Å². The fourth-order valence-electron chi connectivity index (χ4n) is 4.30. The molecule has 11 heteroatoms. The molecule has 0 saturated carbocycles. The lowest BCUT2D eigenvalue weighted by molar-refractivity contribution is -0.139. The van der Waals surface area contributed by atoms with Gasteiger partial charge in [-0.3, -0.25) is 13.9 Å². The van der Waals surface area contributed by atoms with Crippen LogP contribution in [0.15, 0.2) is 65.6 Å². The Kier molecular flexibility index (Phi) is 11.7. The highest BCUT2D eigenvalue weighted by molar-refractivity contribution is 7.92. The van der Waals surface area contributed by atoms with Crippen molar-refractivity contribution in [2.75, 3.05) is 24.5 Å². The number of rotatable bonds is 13. The number of benzene rings is 3. The minimum atomic E-state index is -4.23. The van der Waals surface area contributed by atoms with Crippen molar-refractivity contribution in [1.29, 1.82) is 0 Å². The highest BCUT2D eigenvalue weighted by Gasteiger charge is 2.34. The maximum atomic E-state index is 14.1. The molecule has 0 bridgehead atoms. The van der Waals surface area contributed by atoms with Gasteiger partial charge in [-0.25, -0.2) is 8.42 Å². The number of aryl methyl sites for hydroxylation is 2. The second-order valence-electron chi connectivity index (χ2n) is 10.1. The number of methoxy groups -OCH3 is 1. The minimum absolute atomic E-state index is 0.00145. The monoisotopic (exact) mass is 633 g/mol. The first-order chi connectivity index (χ1) is 19.9. The van der Waals surface area contributed by atoms with E-state index in [1.165, 1.54) is 24.1 Å². The second kappa shape index (κ2) is 14.8. The number of halogens is 2. The Hall–Kier alpha value is -3.27. The third-order valence-corrected chi connectivity index (χ3v) is 9.34. The molecule has 0 spiro atoms. The molecule has 2 amide bonds. The van der Waals surface area contributed by atoms with E-state index in [4.69, 9.17) is 27.9 Å². The summed E-state index contributed by atoms with van der Waals surface area (Å²) in [7, 11) is -2.79. The molecule has 0 unspecified atom stereocenters. The highest BCUT2D eigenvalue weighted by Crippen LogP contribution is 2.34. The molecule has 0 heterocycles. The number of nitrogens with one attached hydrogen (secondary N) is 1. The van der Waals surface area contributed by atoms with Crippen LogP contribution in [0.5, 0.6) is 5.75 Å². The summed E-state index contributed by atoms with van der Waals surface area (Å²) >= 11 is 12.3. The van der Waals surface area contributed by atoms with E-state index in [-0.39, 0.29) is 28.8 Å². The summed E-state index contributed by atoms with van der Waals surface area (Å²) in [4.78, 5) is 28.6. The Morgan fingerprint density at radius 3 is 2.24 bits per heavy atom. The number of amides is 2. The summed E-state index contributed by atoms with van der Waals surface area (Å²) in [5, 5.41) is 3.52. The Morgan fingerprint density at radius 1 is 0.952 bits per heavy atom. The van der Waals surface area contributed by atoms with E-state index < -0.39 is 28.5 Å². The van der Waals surface area contributed by atoms with Crippen LogP contribution in [0.4, 0.5) is 5.69 Å². The van der Waals surface area contributed by atoms with Gasteiger partial charge in [0.1, 0.15) is 18.3 Å². The predicted molar refractivity (Wildman–Crippen MR) is 168 cm³/mol. The standard InChI is InChI=1S/C31H37Cl2N3O5S/c1-6-7-16-34-31(38)23(4)35(19-24-11-14-26(32)27(33)18-24)30(37)20-36(28-17-22(3)10-15-29(28)41-5)42(39,40)25-12-8-21(2)9-13-25/h8-15,17-18,23H,6-7,16,19-20H2,1-5H3,(H,34,38)/t23-/m1/s1. The average molecular weight is 635 g/mol. The molecule has 0 aromatic heterocycles. The molecule has 226 valence electrons. The lowest BCUT2D eigenvalue weighted by Gasteiger charge is -2.32. The summed E-state index contributed by atoms with van der Waals surface area (Å²) in [6.07, 6.45) is 1.68. The third kappa shape index (κ3) is 8.18. The van der Waals surface area contributed by atoms with Gasteiger partial charge in [-0.1, -0.05) is 66.4 Å². The van der Waals surface area contributed by atoms with Crippen LogP contribution < -0.4 is 14.4 Å². The summed E-state index contributed by atoms with van der Waals surface area (Å²) in [6.45, 7) is 7.19. The van der Waals surface area contributed by atoms with Gasteiger partial charge in [0.25, 0.3) is 10.0 Å². The van der Waals surface area contributed by atoms with Crippen molar-refractivity contribution in [2.45, 2.75) is 58.0 Å². The fourth-order valence-corrected chi connectivity index (χ4v) is 6.04. The number of carbonyl (C=O) groups excluding carboxylic acids is 2. The maximum Gasteiger partial charge on any atom is 0.264 e. The highest BCUT2D eigenvalue weighted by atomic mass is 35.5. The van der Waals surface area contributed by atoms with Gasteiger partial charge in [-0.15, -0.1) is 0 Å². The molecule has 0 aliphatic heterocycles. The van der Waals surface area contributed by atoms with E-state index in [1.54, 1.807) is 55.5 Å². The molecule has 42 heavy (non-hydrogen) atoms. The maximum absolute atomic E-state index is 14.1. The van der Waals surface area contributed by atoms with Gasteiger partial charge in [-0.05, 0) is 74.7 Å². The lowest BCUT2D eigenvalue weighted by atomic mass is 10.1. The Labute approximate surface area is 258 Å². The second-order valence-corrected chi connectivity index (χ2v) is 12.8. The van der Waals surface area contributed by atoms with Crippen molar-refractivity contribution in [2.24, 2.45) is 0 Å². The number of ether oxygens (including phenoxy) is 1. The van der Waals surface area contributed by atoms with Gasteiger partial charge in [0, 0.05) is 13.1 Å². The van der Waals surface area contributed by atoms with Crippen LogP contribution in [0.2, 0.25) is 10.0 Å². The lowest BCUT2D eigenvalue weighted by Crippen LogP contribution is -2.51. The number of sulfonamides is 1. The molecular formula is C31H37Cl2N3O5S. The van der Waals surface area contributed by atoms with E-state index in [1.807, 2.05) is 20.8 Å². The smallest absolute Gasteiger partial charge is 0.264 e. The summed E-state index contributed by atoms with van der Waals surface area (Å²) in [5.74, 6) is -0.651. The van der Waals surface area contributed by atoms with Gasteiger partial charge in [0.05, 0.1) is 27.7 Å². The summed E-state index contributed by atoms with van der Waals surface area (Å²) in [6, 6.07) is 15.5. The molecule has 0 aliphatic rings. The van der Waals surface area contributed by atoms with Gasteiger partial charge in [0.2, 0.25) is 11.8 Å². The largest absolute Gasteiger partial charge is 0.495 e. The summed E-state index contributed by atoms with van der Waals surface area (Å²) in [5.41, 5.74) is 2.51. The van der Waals surface area contributed by atoms with Crippen LogP contribution in [0, 0.1) is 13.8 Å². The first-order valence-electron chi connectivity index (χ1n) is 13.6. The SMILES string of the molecule is CCCCNC(=O)[C@@H](C)N(Cc1ccc(Cl)c(Cl)c1)C(=O)CN(c1cc(C)ccc1OC)S(=O)(=O)c1ccc(C)cc1. The van der Waals surface area contributed by atoms with Crippen molar-refractivity contribution >= 4 is 50.7 Å². The van der Waals surface area contributed by atoms with E-state index in [2.05, 4.69) is 5.32 Å². The number of hydrogen-bond acceptors (Lipinski definition) is 5. The average Bonchev–Trinajstić information content (AvgIpc) is 2.96. The normalized spacial score (nSPS) is 12.0. The topological polar surface area (TPSA) is 96.0 Å². The zero-order chi connectivity index (χ0) is 31.0.